The first-order valence-corrected chi connectivity index (χ1v) is 8.35. The molecule has 0 radical (unpaired) electrons. The van der Waals surface area contributed by atoms with Crippen LogP contribution in [0, 0.1) is 5.82 Å². The van der Waals surface area contributed by atoms with Crippen molar-refractivity contribution in [1.82, 2.24) is 5.32 Å². The van der Waals surface area contributed by atoms with Crippen LogP contribution in [0.25, 0.3) is 0 Å². The number of nitrogens with one attached hydrogen (secondary N) is 1. The van der Waals surface area contributed by atoms with Crippen LogP contribution in [0.4, 0.5) is 4.39 Å². The van der Waals surface area contributed by atoms with Gasteiger partial charge in [-0.3, -0.25) is 14.4 Å². The predicted octanol–water partition coefficient (Wildman–Crippen LogP) is 2.66. The molecule has 2 aromatic rings. The fourth-order valence-electron chi connectivity index (χ4n) is 2.14. The van der Waals surface area contributed by atoms with Gasteiger partial charge in [0.1, 0.15) is 11.6 Å². The molecule has 0 saturated carbocycles. The number of halogens is 1. The van der Waals surface area contributed by atoms with Crippen molar-refractivity contribution in [2.24, 2.45) is 0 Å². The molecule has 7 heteroatoms. The number of hydrogen-bond donors (Lipinski definition) is 1. The van der Waals surface area contributed by atoms with Crippen LogP contribution in [0.1, 0.15) is 29.3 Å². The first-order chi connectivity index (χ1) is 13.0. The second-order valence-corrected chi connectivity index (χ2v) is 5.71. The van der Waals surface area contributed by atoms with Crippen LogP contribution in [-0.2, 0) is 20.9 Å². The van der Waals surface area contributed by atoms with Gasteiger partial charge in [-0.25, -0.2) is 4.39 Å². The number of carbonyl (C=O) groups excluding carboxylic acids is 3. The maximum atomic E-state index is 13.4. The van der Waals surface area contributed by atoms with Crippen LogP contribution in [0.2, 0.25) is 0 Å². The molecule has 0 aliphatic heterocycles. The summed E-state index contributed by atoms with van der Waals surface area (Å²) in [4.78, 5) is 34.4. The van der Waals surface area contributed by atoms with Gasteiger partial charge < -0.3 is 14.8 Å². The number of hydrogen-bond acceptors (Lipinski definition) is 5. The lowest BCUT2D eigenvalue weighted by Crippen LogP contribution is -2.28. The van der Waals surface area contributed by atoms with Gasteiger partial charge in [-0.15, -0.1) is 0 Å². The number of ketones is 1. The van der Waals surface area contributed by atoms with E-state index in [0.717, 1.165) is 0 Å². The molecule has 0 fully saturated rings. The Hall–Kier alpha value is -3.22. The van der Waals surface area contributed by atoms with E-state index in [0.29, 0.717) is 16.9 Å². The molecular weight excluding hydrogens is 353 g/mol. The van der Waals surface area contributed by atoms with Crippen LogP contribution >= 0.6 is 0 Å². The van der Waals surface area contributed by atoms with E-state index in [1.807, 2.05) is 0 Å². The van der Waals surface area contributed by atoms with E-state index in [1.165, 1.54) is 13.0 Å². The number of benzene rings is 2. The van der Waals surface area contributed by atoms with E-state index < -0.39 is 24.3 Å². The largest absolute Gasteiger partial charge is 0.493 e. The van der Waals surface area contributed by atoms with Crippen LogP contribution in [0.5, 0.6) is 5.75 Å². The van der Waals surface area contributed by atoms with Crippen molar-refractivity contribution in [1.29, 1.82) is 0 Å². The van der Waals surface area contributed by atoms with Crippen molar-refractivity contribution in [2.75, 3.05) is 13.2 Å². The van der Waals surface area contributed by atoms with Gasteiger partial charge in [0, 0.05) is 17.7 Å². The van der Waals surface area contributed by atoms with E-state index in [2.05, 4.69) is 5.32 Å². The van der Waals surface area contributed by atoms with Crippen molar-refractivity contribution in [3.63, 3.8) is 0 Å². The van der Waals surface area contributed by atoms with Gasteiger partial charge in [-0.2, -0.15) is 0 Å². The molecule has 0 saturated heterocycles. The average Bonchev–Trinajstić information content (AvgIpc) is 2.66. The zero-order valence-electron chi connectivity index (χ0n) is 14.9. The molecular formula is C20H20FNO5. The predicted molar refractivity (Wildman–Crippen MR) is 95.8 cm³/mol. The highest BCUT2D eigenvalue weighted by atomic mass is 19.1. The second kappa shape index (κ2) is 10.1. The number of esters is 1. The smallest absolute Gasteiger partial charge is 0.309 e. The van der Waals surface area contributed by atoms with E-state index in [9.17, 15) is 18.8 Å². The molecule has 0 spiro atoms. The Morgan fingerprint density at radius 2 is 1.74 bits per heavy atom. The van der Waals surface area contributed by atoms with Gasteiger partial charge in [0.15, 0.2) is 12.4 Å². The van der Waals surface area contributed by atoms with E-state index >= 15 is 0 Å². The molecule has 0 heterocycles. The number of rotatable bonds is 9. The van der Waals surface area contributed by atoms with Crippen molar-refractivity contribution < 1.29 is 28.2 Å². The lowest BCUT2D eigenvalue weighted by atomic mass is 10.1. The molecule has 142 valence electrons. The molecule has 0 atom stereocenters. The van der Waals surface area contributed by atoms with Crippen molar-refractivity contribution in [2.45, 2.75) is 19.9 Å². The number of amides is 1. The van der Waals surface area contributed by atoms with Gasteiger partial charge in [0.05, 0.1) is 13.0 Å². The summed E-state index contributed by atoms with van der Waals surface area (Å²) in [6.07, 6.45) is -0.0327. The first-order valence-electron chi connectivity index (χ1n) is 8.35. The van der Waals surface area contributed by atoms with Gasteiger partial charge in [0.2, 0.25) is 0 Å². The zero-order valence-corrected chi connectivity index (χ0v) is 14.9. The third-order valence-corrected chi connectivity index (χ3v) is 3.63. The van der Waals surface area contributed by atoms with E-state index in [1.54, 1.807) is 42.5 Å². The molecule has 0 aromatic heterocycles. The highest BCUT2D eigenvalue weighted by molar-refractivity contribution is 5.94. The SMILES string of the molecule is CC(=O)c1ccc(OCCC(=O)OCC(=O)NCc2ccccc2F)cc1. The Kier molecular flexibility index (Phi) is 7.49. The summed E-state index contributed by atoms with van der Waals surface area (Å²) in [6, 6.07) is 12.6. The van der Waals surface area contributed by atoms with Gasteiger partial charge >= 0.3 is 5.97 Å². The topological polar surface area (TPSA) is 81.7 Å². The average molecular weight is 373 g/mol. The molecule has 0 unspecified atom stereocenters. The summed E-state index contributed by atoms with van der Waals surface area (Å²) in [5.41, 5.74) is 0.921. The van der Waals surface area contributed by atoms with Crippen molar-refractivity contribution in [3.8, 4) is 5.75 Å². The fraction of sp³-hybridized carbons (Fsp3) is 0.250. The summed E-state index contributed by atoms with van der Waals surface area (Å²) in [5.74, 6) is -1.04. The normalized spacial score (nSPS) is 10.1. The summed E-state index contributed by atoms with van der Waals surface area (Å²) >= 11 is 0. The standard InChI is InChI=1S/C20H20FNO5/c1-14(23)15-6-8-17(9-7-15)26-11-10-20(25)27-13-19(24)22-12-16-4-2-3-5-18(16)21/h2-9H,10-13H2,1H3,(H,22,24). The Bertz CT molecular complexity index is 804. The Balaban J connectivity index is 1.63. The lowest BCUT2D eigenvalue weighted by molar-refractivity contribution is -0.149. The molecule has 27 heavy (non-hydrogen) atoms. The molecule has 2 rings (SSSR count). The minimum Gasteiger partial charge on any atom is -0.493 e. The monoisotopic (exact) mass is 373 g/mol. The molecule has 0 aliphatic carbocycles. The summed E-state index contributed by atoms with van der Waals surface area (Å²) in [5, 5.41) is 2.48. The van der Waals surface area contributed by atoms with Gasteiger partial charge in [-0.1, -0.05) is 18.2 Å². The highest BCUT2D eigenvalue weighted by Crippen LogP contribution is 2.12. The van der Waals surface area contributed by atoms with E-state index in [4.69, 9.17) is 9.47 Å². The summed E-state index contributed by atoms with van der Waals surface area (Å²) < 4.78 is 23.7. The molecule has 1 amide bonds. The van der Waals surface area contributed by atoms with Gasteiger partial charge in [-0.05, 0) is 37.3 Å². The van der Waals surface area contributed by atoms with Crippen molar-refractivity contribution >= 4 is 17.7 Å². The maximum Gasteiger partial charge on any atom is 0.309 e. The summed E-state index contributed by atoms with van der Waals surface area (Å²) in [7, 11) is 0. The molecule has 2 aromatic carbocycles. The fourth-order valence-corrected chi connectivity index (χ4v) is 2.14. The second-order valence-electron chi connectivity index (χ2n) is 5.71. The van der Waals surface area contributed by atoms with Crippen LogP contribution < -0.4 is 10.1 Å². The minimum absolute atomic E-state index is 0.0163. The maximum absolute atomic E-state index is 13.4. The lowest BCUT2D eigenvalue weighted by Gasteiger charge is -2.08. The van der Waals surface area contributed by atoms with Gasteiger partial charge in [0.25, 0.3) is 5.91 Å². The van der Waals surface area contributed by atoms with E-state index in [-0.39, 0.29) is 25.4 Å². The van der Waals surface area contributed by atoms with Crippen LogP contribution in [-0.4, -0.2) is 30.9 Å². The molecule has 0 aliphatic rings. The number of Topliss-reactive ketones (excluding diaryl/α,β-unsaturated/α-hetero) is 1. The third-order valence-electron chi connectivity index (χ3n) is 3.63. The van der Waals surface area contributed by atoms with Crippen molar-refractivity contribution in [3.05, 3.63) is 65.5 Å². The molecule has 1 N–H and O–H groups in total. The Morgan fingerprint density at radius 1 is 1.04 bits per heavy atom. The first kappa shape index (κ1) is 20.1. The van der Waals surface area contributed by atoms with Crippen LogP contribution in [0.3, 0.4) is 0 Å². The quantitative estimate of drug-likeness (QED) is 0.540. The van der Waals surface area contributed by atoms with Crippen LogP contribution in [0.15, 0.2) is 48.5 Å². The number of ether oxygens (including phenoxy) is 2. The Labute approximate surface area is 156 Å². The zero-order chi connectivity index (χ0) is 19.6. The number of carbonyl (C=O) groups is 3. The highest BCUT2D eigenvalue weighted by Gasteiger charge is 2.09. The third kappa shape index (κ3) is 6.89. The molecule has 0 bridgehead atoms. The summed E-state index contributed by atoms with van der Waals surface area (Å²) in [6.45, 7) is 1.12. The minimum atomic E-state index is -0.587. The Morgan fingerprint density at radius 3 is 2.41 bits per heavy atom. The molecule has 6 nitrogen and oxygen atoms in total.